The molecule has 1 fully saturated rings. The van der Waals surface area contributed by atoms with E-state index in [1.54, 1.807) is 0 Å². The molecule has 3 rings (SSSR count). The minimum absolute atomic E-state index is 0. The molecule has 0 radical (unpaired) electrons. The normalized spacial score (nSPS) is 16.7. The Kier molecular flexibility index (Phi) is 6.76. The van der Waals surface area contributed by atoms with Gasteiger partial charge in [-0.05, 0) is 42.7 Å². The quantitative estimate of drug-likeness (QED) is 0.834. The standard InChI is InChI=1S/C19H22N2O2S.ClH/c20-19(11-4-5-12-19)18(22)21-16-8-6-7-15(13-16)14-24(23)17-9-2-1-3-10-17;/h1-3,6-10,13H,4-5,11-12,14,20H2,(H,21,22);1H. The molecule has 4 nitrogen and oxygen atoms in total. The van der Waals surface area contributed by atoms with Crippen LogP contribution in [0, 0.1) is 0 Å². The van der Waals surface area contributed by atoms with Crippen LogP contribution in [0.5, 0.6) is 0 Å². The first kappa shape index (κ1) is 19.6. The molecule has 2 aromatic rings. The number of rotatable bonds is 5. The molecule has 0 saturated heterocycles. The fourth-order valence-electron chi connectivity index (χ4n) is 3.03. The van der Waals surface area contributed by atoms with Gasteiger partial charge in [0.05, 0.1) is 22.1 Å². The van der Waals surface area contributed by atoms with E-state index in [0.29, 0.717) is 11.4 Å². The molecule has 1 aliphatic rings. The topological polar surface area (TPSA) is 72.2 Å². The van der Waals surface area contributed by atoms with Gasteiger partial charge < -0.3 is 11.1 Å². The molecule has 1 atom stereocenters. The second kappa shape index (κ2) is 8.61. The van der Waals surface area contributed by atoms with E-state index in [1.807, 2.05) is 54.6 Å². The average Bonchev–Trinajstić information content (AvgIpc) is 3.04. The first-order valence-electron chi connectivity index (χ1n) is 8.19. The summed E-state index contributed by atoms with van der Waals surface area (Å²) in [7, 11) is -1.10. The first-order valence-corrected chi connectivity index (χ1v) is 9.51. The Morgan fingerprint density at radius 3 is 2.44 bits per heavy atom. The third kappa shape index (κ3) is 4.91. The summed E-state index contributed by atoms with van der Waals surface area (Å²) in [6.45, 7) is 0. The predicted octanol–water partition coefficient (Wildman–Crippen LogP) is 3.63. The van der Waals surface area contributed by atoms with Crippen molar-refractivity contribution in [3.05, 3.63) is 60.2 Å². The molecule has 6 heteroatoms. The highest BCUT2D eigenvalue weighted by Gasteiger charge is 2.36. The fraction of sp³-hybridized carbons (Fsp3) is 0.316. The summed E-state index contributed by atoms with van der Waals surface area (Å²) >= 11 is 0. The van der Waals surface area contributed by atoms with Crippen LogP contribution in [0.3, 0.4) is 0 Å². The Labute approximate surface area is 157 Å². The molecule has 0 heterocycles. The summed E-state index contributed by atoms with van der Waals surface area (Å²) in [4.78, 5) is 13.2. The number of anilines is 1. The van der Waals surface area contributed by atoms with Crippen LogP contribution in [0.4, 0.5) is 5.69 Å². The molecule has 2 aromatic carbocycles. The Hall–Kier alpha value is -1.69. The molecule has 1 unspecified atom stereocenters. The van der Waals surface area contributed by atoms with E-state index in [4.69, 9.17) is 5.73 Å². The minimum atomic E-state index is -1.10. The number of halogens is 1. The van der Waals surface area contributed by atoms with Crippen molar-refractivity contribution < 1.29 is 9.00 Å². The van der Waals surface area contributed by atoms with Gasteiger partial charge >= 0.3 is 0 Å². The average molecular weight is 379 g/mol. The van der Waals surface area contributed by atoms with Gasteiger partial charge in [0.2, 0.25) is 5.91 Å². The first-order chi connectivity index (χ1) is 11.6. The number of carbonyl (C=O) groups is 1. The Morgan fingerprint density at radius 1 is 1.08 bits per heavy atom. The lowest BCUT2D eigenvalue weighted by atomic mass is 9.98. The van der Waals surface area contributed by atoms with E-state index in [9.17, 15) is 9.00 Å². The van der Waals surface area contributed by atoms with E-state index in [-0.39, 0.29) is 18.3 Å². The SMILES string of the molecule is Cl.NC1(C(=O)Nc2cccc(CS(=O)c3ccccc3)c2)CCCC1. The lowest BCUT2D eigenvalue weighted by Gasteiger charge is -2.22. The maximum absolute atomic E-state index is 12.4. The van der Waals surface area contributed by atoms with Crippen molar-refractivity contribution in [1.29, 1.82) is 0 Å². The predicted molar refractivity (Wildman–Crippen MR) is 104 cm³/mol. The summed E-state index contributed by atoms with van der Waals surface area (Å²) in [5, 5.41) is 2.91. The number of benzene rings is 2. The van der Waals surface area contributed by atoms with Crippen molar-refractivity contribution in [1.82, 2.24) is 0 Å². The van der Waals surface area contributed by atoms with Gasteiger partial charge in [0.1, 0.15) is 0 Å². The van der Waals surface area contributed by atoms with Gasteiger partial charge in [-0.2, -0.15) is 0 Å². The number of carbonyl (C=O) groups excluding carboxylic acids is 1. The lowest BCUT2D eigenvalue weighted by molar-refractivity contribution is -0.121. The van der Waals surface area contributed by atoms with E-state index >= 15 is 0 Å². The summed E-state index contributed by atoms with van der Waals surface area (Å²) in [5.74, 6) is 0.294. The van der Waals surface area contributed by atoms with Crippen molar-refractivity contribution in [3.8, 4) is 0 Å². The highest BCUT2D eigenvalue weighted by molar-refractivity contribution is 7.84. The lowest BCUT2D eigenvalue weighted by Crippen LogP contribution is -2.48. The second-order valence-corrected chi connectivity index (χ2v) is 7.77. The summed E-state index contributed by atoms with van der Waals surface area (Å²) < 4.78 is 12.4. The Bertz CT molecular complexity index is 746. The Balaban J connectivity index is 0.00000225. The van der Waals surface area contributed by atoms with Crippen molar-refractivity contribution in [2.24, 2.45) is 5.73 Å². The summed E-state index contributed by atoms with van der Waals surface area (Å²) in [6.07, 6.45) is 3.47. The van der Waals surface area contributed by atoms with Crippen LogP contribution in [-0.4, -0.2) is 15.7 Å². The molecule has 0 aromatic heterocycles. The zero-order valence-electron chi connectivity index (χ0n) is 13.9. The van der Waals surface area contributed by atoms with Crippen LogP contribution < -0.4 is 11.1 Å². The van der Waals surface area contributed by atoms with Gasteiger partial charge in [-0.25, -0.2) is 0 Å². The Morgan fingerprint density at radius 2 is 1.76 bits per heavy atom. The molecule has 1 saturated carbocycles. The van der Waals surface area contributed by atoms with Crippen LogP contribution in [0.2, 0.25) is 0 Å². The van der Waals surface area contributed by atoms with E-state index in [2.05, 4.69) is 5.32 Å². The highest BCUT2D eigenvalue weighted by atomic mass is 35.5. The second-order valence-electron chi connectivity index (χ2n) is 6.32. The molecule has 1 amide bonds. The zero-order valence-corrected chi connectivity index (χ0v) is 15.6. The van der Waals surface area contributed by atoms with Gasteiger partial charge in [-0.3, -0.25) is 9.00 Å². The van der Waals surface area contributed by atoms with Gasteiger partial charge in [0.25, 0.3) is 0 Å². The molecule has 3 N–H and O–H groups in total. The molecule has 0 aliphatic heterocycles. The largest absolute Gasteiger partial charge is 0.324 e. The minimum Gasteiger partial charge on any atom is -0.324 e. The highest BCUT2D eigenvalue weighted by Crippen LogP contribution is 2.28. The van der Waals surface area contributed by atoms with Gasteiger partial charge in [-0.15, -0.1) is 12.4 Å². The van der Waals surface area contributed by atoms with E-state index in [1.165, 1.54) is 0 Å². The molecule has 25 heavy (non-hydrogen) atoms. The van der Waals surface area contributed by atoms with Gasteiger partial charge in [0, 0.05) is 10.6 Å². The molecule has 1 aliphatic carbocycles. The fourth-order valence-corrected chi connectivity index (χ4v) is 4.14. The zero-order chi connectivity index (χ0) is 17.0. The van der Waals surface area contributed by atoms with Crippen LogP contribution >= 0.6 is 12.4 Å². The maximum atomic E-state index is 12.4. The van der Waals surface area contributed by atoms with Crippen LogP contribution in [-0.2, 0) is 21.3 Å². The molecule has 134 valence electrons. The number of nitrogens with one attached hydrogen (secondary N) is 1. The number of amides is 1. The van der Waals surface area contributed by atoms with E-state index in [0.717, 1.165) is 36.1 Å². The van der Waals surface area contributed by atoms with Crippen molar-refractivity contribution in [3.63, 3.8) is 0 Å². The van der Waals surface area contributed by atoms with Crippen LogP contribution in [0.15, 0.2) is 59.5 Å². The molecule has 0 spiro atoms. The molecular weight excluding hydrogens is 356 g/mol. The van der Waals surface area contributed by atoms with Crippen molar-refractivity contribution in [2.75, 3.05) is 5.32 Å². The smallest absolute Gasteiger partial charge is 0.244 e. The maximum Gasteiger partial charge on any atom is 0.244 e. The van der Waals surface area contributed by atoms with Gasteiger partial charge in [0.15, 0.2) is 0 Å². The van der Waals surface area contributed by atoms with Crippen LogP contribution in [0.25, 0.3) is 0 Å². The van der Waals surface area contributed by atoms with E-state index < -0.39 is 16.3 Å². The molecular formula is C19H23ClN2O2S. The third-order valence-corrected chi connectivity index (χ3v) is 5.83. The van der Waals surface area contributed by atoms with Crippen molar-refractivity contribution in [2.45, 2.75) is 41.9 Å². The number of hydrogen-bond donors (Lipinski definition) is 2. The third-order valence-electron chi connectivity index (χ3n) is 4.44. The molecule has 0 bridgehead atoms. The van der Waals surface area contributed by atoms with Crippen molar-refractivity contribution >= 4 is 34.8 Å². The number of hydrogen-bond acceptors (Lipinski definition) is 3. The van der Waals surface area contributed by atoms with Crippen LogP contribution in [0.1, 0.15) is 31.2 Å². The van der Waals surface area contributed by atoms with Gasteiger partial charge in [-0.1, -0.05) is 43.2 Å². The monoisotopic (exact) mass is 378 g/mol. The summed E-state index contributed by atoms with van der Waals surface area (Å²) in [6, 6.07) is 16.9. The summed E-state index contributed by atoms with van der Waals surface area (Å²) in [5.41, 5.74) is 7.07. The number of nitrogens with two attached hydrogens (primary N) is 1.